The Morgan fingerprint density at radius 3 is 2.18 bits per heavy atom. The summed E-state index contributed by atoms with van der Waals surface area (Å²) in [5.41, 5.74) is 0.318. The van der Waals surface area contributed by atoms with E-state index in [1.165, 1.54) is 28.6 Å². The summed E-state index contributed by atoms with van der Waals surface area (Å²) in [6.07, 6.45) is 0. The van der Waals surface area contributed by atoms with Crippen LogP contribution in [0.25, 0.3) is 0 Å². The van der Waals surface area contributed by atoms with Gasteiger partial charge in [-0.1, -0.05) is 0 Å². The number of amides is 1. The van der Waals surface area contributed by atoms with Gasteiger partial charge in [0, 0.05) is 39.3 Å². The van der Waals surface area contributed by atoms with Crippen molar-refractivity contribution in [3.63, 3.8) is 0 Å². The first-order chi connectivity index (χ1) is 13.2. The van der Waals surface area contributed by atoms with Gasteiger partial charge in [-0.05, 0) is 45.0 Å². The SMILES string of the molecule is CCOC(=O)c1ccc(S(=O)(=O)N2CCN(CC(=O)N(C)C(C)C)CC2)cc1. The molecule has 0 bridgehead atoms. The molecule has 1 amide bonds. The van der Waals surface area contributed by atoms with Crippen molar-refractivity contribution in [2.24, 2.45) is 0 Å². The topological polar surface area (TPSA) is 87.2 Å². The first-order valence-corrected chi connectivity index (χ1v) is 10.9. The van der Waals surface area contributed by atoms with Crippen molar-refractivity contribution in [3.05, 3.63) is 29.8 Å². The number of hydrogen-bond donors (Lipinski definition) is 0. The molecule has 0 unspecified atom stereocenters. The van der Waals surface area contributed by atoms with Gasteiger partial charge in [-0.25, -0.2) is 13.2 Å². The summed E-state index contributed by atoms with van der Waals surface area (Å²) in [5, 5.41) is 0. The number of rotatable bonds is 7. The van der Waals surface area contributed by atoms with Crippen molar-refractivity contribution in [2.45, 2.75) is 31.7 Å². The molecule has 0 radical (unpaired) electrons. The molecule has 0 aromatic heterocycles. The molecule has 8 nitrogen and oxygen atoms in total. The molecule has 0 saturated carbocycles. The van der Waals surface area contributed by atoms with Crippen LogP contribution in [0.5, 0.6) is 0 Å². The number of likely N-dealkylation sites (N-methyl/N-ethyl adjacent to an activating group) is 1. The molecule has 1 heterocycles. The second-order valence-electron chi connectivity index (χ2n) is 7.02. The number of sulfonamides is 1. The second-order valence-corrected chi connectivity index (χ2v) is 8.96. The molecule has 1 aliphatic heterocycles. The van der Waals surface area contributed by atoms with Gasteiger partial charge >= 0.3 is 5.97 Å². The van der Waals surface area contributed by atoms with E-state index in [0.29, 0.717) is 31.7 Å². The molecule has 1 saturated heterocycles. The van der Waals surface area contributed by atoms with Gasteiger partial charge in [0.1, 0.15) is 0 Å². The van der Waals surface area contributed by atoms with Crippen molar-refractivity contribution in [2.75, 3.05) is 46.4 Å². The quantitative estimate of drug-likeness (QED) is 0.623. The Labute approximate surface area is 167 Å². The molecular formula is C19H29N3O5S. The van der Waals surface area contributed by atoms with Crippen LogP contribution in [0.1, 0.15) is 31.1 Å². The zero-order valence-electron chi connectivity index (χ0n) is 16.9. The number of benzene rings is 1. The molecule has 0 spiro atoms. The summed E-state index contributed by atoms with van der Waals surface area (Å²) >= 11 is 0. The third-order valence-corrected chi connectivity index (χ3v) is 6.77. The van der Waals surface area contributed by atoms with E-state index in [-0.39, 0.29) is 30.0 Å². The van der Waals surface area contributed by atoms with Crippen LogP contribution in [0.15, 0.2) is 29.2 Å². The Morgan fingerprint density at radius 2 is 1.68 bits per heavy atom. The van der Waals surface area contributed by atoms with Crippen LogP contribution in [0, 0.1) is 0 Å². The Balaban J connectivity index is 1.97. The minimum atomic E-state index is -3.64. The van der Waals surface area contributed by atoms with Crippen LogP contribution in [-0.4, -0.2) is 86.8 Å². The summed E-state index contributed by atoms with van der Waals surface area (Å²) in [6.45, 7) is 7.81. The highest BCUT2D eigenvalue weighted by Gasteiger charge is 2.29. The Kier molecular flexibility index (Phi) is 7.56. The van der Waals surface area contributed by atoms with Gasteiger partial charge in [-0.3, -0.25) is 9.69 Å². The van der Waals surface area contributed by atoms with Crippen molar-refractivity contribution >= 4 is 21.9 Å². The lowest BCUT2D eigenvalue weighted by atomic mass is 10.2. The molecular weight excluding hydrogens is 382 g/mol. The number of carbonyl (C=O) groups excluding carboxylic acids is 2. The van der Waals surface area contributed by atoms with Crippen LogP contribution < -0.4 is 0 Å². The molecule has 1 aliphatic rings. The van der Waals surface area contributed by atoms with E-state index in [1.54, 1.807) is 18.9 Å². The summed E-state index contributed by atoms with van der Waals surface area (Å²) in [4.78, 5) is 27.7. The predicted molar refractivity (Wildman–Crippen MR) is 106 cm³/mol. The van der Waals surface area contributed by atoms with Crippen LogP contribution in [0.3, 0.4) is 0 Å². The maximum absolute atomic E-state index is 12.8. The first-order valence-electron chi connectivity index (χ1n) is 9.42. The molecule has 0 aliphatic carbocycles. The molecule has 156 valence electrons. The molecule has 0 atom stereocenters. The third kappa shape index (κ3) is 5.30. The van der Waals surface area contributed by atoms with E-state index in [2.05, 4.69) is 0 Å². The maximum Gasteiger partial charge on any atom is 0.338 e. The zero-order chi connectivity index (χ0) is 20.9. The zero-order valence-corrected chi connectivity index (χ0v) is 17.7. The van der Waals surface area contributed by atoms with E-state index in [1.807, 2.05) is 18.7 Å². The lowest BCUT2D eigenvalue weighted by Gasteiger charge is -2.34. The largest absolute Gasteiger partial charge is 0.462 e. The fraction of sp³-hybridized carbons (Fsp3) is 0.579. The number of piperazine rings is 1. The predicted octanol–water partition coefficient (Wildman–Crippen LogP) is 1.04. The average molecular weight is 412 g/mol. The molecule has 1 fully saturated rings. The molecule has 9 heteroatoms. The fourth-order valence-electron chi connectivity index (χ4n) is 2.85. The van der Waals surface area contributed by atoms with Gasteiger partial charge in [0.15, 0.2) is 0 Å². The van der Waals surface area contributed by atoms with Crippen LogP contribution in [0.2, 0.25) is 0 Å². The van der Waals surface area contributed by atoms with Crippen molar-refractivity contribution in [3.8, 4) is 0 Å². The number of esters is 1. The monoisotopic (exact) mass is 411 g/mol. The highest BCUT2D eigenvalue weighted by atomic mass is 32.2. The van der Waals surface area contributed by atoms with E-state index in [4.69, 9.17) is 4.74 Å². The number of carbonyl (C=O) groups is 2. The minimum Gasteiger partial charge on any atom is -0.462 e. The maximum atomic E-state index is 12.8. The van der Waals surface area contributed by atoms with Crippen molar-refractivity contribution < 1.29 is 22.7 Å². The smallest absolute Gasteiger partial charge is 0.338 e. The minimum absolute atomic E-state index is 0.0286. The molecule has 1 aromatic rings. The summed E-state index contributed by atoms with van der Waals surface area (Å²) in [5.74, 6) is -0.447. The van der Waals surface area contributed by atoms with Crippen LogP contribution in [0.4, 0.5) is 0 Å². The van der Waals surface area contributed by atoms with Gasteiger partial charge in [-0.15, -0.1) is 0 Å². The molecule has 1 aromatic carbocycles. The van der Waals surface area contributed by atoms with E-state index >= 15 is 0 Å². The Morgan fingerprint density at radius 1 is 1.11 bits per heavy atom. The standard InChI is InChI=1S/C19H29N3O5S/c1-5-27-19(24)16-6-8-17(9-7-16)28(25,26)22-12-10-21(11-13-22)14-18(23)20(4)15(2)3/h6-9,15H,5,10-14H2,1-4H3. The Bertz CT molecular complexity index is 784. The fourth-order valence-corrected chi connectivity index (χ4v) is 4.27. The third-order valence-electron chi connectivity index (χ3n) is 4.86. The van der Waals surface area contributed by atoms with E-state index in [0.717, 1.165) is 0 Å². The number of nitrogens with zero attached hydrogens (tertiary/aromatic N) is 3. The Hall–Kier alpha value is -1.97. The van der Waals surface area contributed by atoms with Crippen LogP contribution in [-0.2, 0) is 19.6 Å². The lowest BCUT2D eigenvalue weighted by Crippen LogP contribution is -2.51. The highest BCUT2D eigenvalue weighted by molar-refractivity contribution is 7.89. The van der Waals surface area contributed by atoms with E-state index in [9.17, 15) is 18.0 Å². The van der Waals surface area contributed by atoms with E-state index < -0.39 is 16.0 Å². The second kappa shape index (κ2) is 9.49. The summed E-state index contributed by atoms with van der Waals surface area (Å²) < 4.78 is 32.0. The van der Waals surface area contributed by atoms with Gasteiger partial charge < -0.3 is 9.64 Å². The normalized spacial score (nSPS) is 16.2. The van der Waals surface area contributed by atoms with Crippen molar-refractivity contribution in [1.29, 1.82) is 0 Å². The molecule has 0 N–H and O–H groups in total. The summed E-state index contributed by atoms with van der Waals surface area (Å²) in [7, 11) is -1.87. The lowest BCUT2D eigenvalue weighted by molar-refractivity contribution is -0.132. The van der Waals surface area contributed by atoms with Gasteiger partial charge in [0.05, 0.1) is 23.6 Å². The average Bonchev–Trinajstić information content (AvgIpc) is 2.68. The number of ether oxygens (including phenoxy) is 1. The van der Waals surface area contributed by atoms with Crippen LogP contribution >= 0.6 is 0 Å². The number of hydrogen-bond acceptors (Lipinski definition) is 6. The van der Waals surface area contributed by atoms with Gasteiger partial charge in [-0.2, -0.15) is 4.31 Å². The summed E-state index contributed by atoms with van der Waals surface area (Å²) in [6, 6.07) is 5.90. The van der Waals surface area contributed by atoms with Gasteiger partial charge in [0.25, 0.3) is 0 Å². The van der Waals surface area contributed by atoms with Crippen molar-refractivity contribution in [1.82, 2.24) is 14.1 Å². The highest BCUT2D eigenvalue weighted by Crippen LogP contribution is 2.19. The van der Waals surface area contributed by atoms with Gasteiger partial charge in [0.2, 0.25) is 15.9 Å². The molecule has 2 rings (SSSR count). The molecule has 28 heavy (non-hydrogen) atoms. The first kappa shape index (κ1) is 22.3.